The van der Waals surface area contributed by atoms with E-state index in [1.807, 2.05) is 0 Å². The van der Waals surface area contributed by atoms with E-state index in [1.165, 1.54) is 12.8 Å². The second-order valence-electron chi connectivity index (χ2n) is 3.17. The summed E-state index contributed by atoms with van der Waals surface area (Å²) >= 11 is 0. The first-order valence-corrected chi connectivity index (χ1v) is 3.98. The predicted octanol–water partition coefficient (Wildman–Crippen LogP) is 1.09. The van der Waals surface area contributed by atoms with E-state index >= 15 is 0 Å². The minimum Gasteiger partial charge on any atom is -0.327 e. The van der Waals surface area contributed by atoms with Crippen molar-refractivity contribution in [1.29, 1.82) is 0 Å². The number of hydrogen-bond acceptors (Lipinski definition) is 2. The molecule has 0 radical (unpaired) electrons. The molecule has 1 aliphatic carbocycles. The fraction of sp³-hybridized carbons (Fsp3) is 0.875. The Morgan fingerprint density at radius 1 is 1.40 bits per heavy atom. The largest absolute Gasteiger partial charge is 0.327 e. The summed E-state index contributed by atoms with van der Waals surface area (Å²) in [5, 5.41) is 0. The number of Topliss-reactive ketones (excluding diaryl/α,β-unsaturated/α-hetero) is 1. The molecular formula is C8H15NO. The molecule has 58 valence electrons. The van der Waals surface area contributed by atoms with Crippen molar-refractivity contribution in [3.63, 3.8) is 0 Å². The van der Waals surface area contributed by atoms with Crippen LogP contribution in [0.4, 0.5) is 0 Å². The first-order valence-electron chi connectivity index (χ1n) is 3.98. The van der Waals surface area contributed by atoms with Crippen LogP contribution in [0.15, 0.2) is 0 Å². The smallest absolute Gasteiger partial charge is 0.134 e. The third-order valence-electron chi connectivity index (χ3n) is 2.34. The summed E-state index contributed by atoms with van der Waals surface area (Å²) in [5.74, 6) is 0.431. The van der Waals surface area contributed by atoms with Gasteiger partial charge in [-0.3, -0.25) is 4.79 Å². The van der Waals surface area contributed by atoms with E-state index in [2.05, 4.69) is 0 Å². The van der Waals surface area contributed by atoms with E-state index in [9.17, 15) is 4.79 Å². The monoisotopic (exact) mass is 141 g/mol. The fourth-order valence-corrected chi connectivity index (χ4v) is 1.66. The van der Waals surface area contributed by atoms with E-state index < -0.39 is 0 Å². The van der Waals surface area contributed by atoms with Gasteiger partial charge in [-0.1, -0.05) is 12.8 Å². The van der Waals surface area contributed by atoms with Crippen LogP contribution in [0.25, 0.3) is 0 Å². The minimum atomic E-state index is 0.145. The molecule has 1 fully saturated rings. The molecule has 0 aromatic rings. The van der Waals surface area contributed by atoms with Crippen LogP contribution in [0, 0.1) is 5.92 Å². The highest BCUT2D eigenvalue weighted by atomic mass is 16.1. The molecule has 1 unspecified atom stereocenters. The van der Waals surface area contributed by atoms with E-state index in [0.29, 0.717) is 0 Å². The van der Waals surface area contributed by atoms with Gasteiger partial charge in [0.2, 0.25) is 0 Å². The third kappa shape index (κ3) is 1.57. The maximum atomic E-state index is 10.9. The molecule has 0 saturated heterocycles. The predicted molar refractivity (Wildman–Crippen MR) is 40.6 cm³/mol. The second kappa shape index (κ2) is 3.15. The maximum absolute atomic E-state index is 10.9. The van der Waals surface area contributed by atoms with Gasteiger partial charge in [0, 0.05) is 12.0 Å². The summed E-state index contributed by atoms with van der Waals surface area (Å²) < 4.78 is 0. The summed E-state index contributed by atoms with van der Waals surface area (Å²) in [6.45, 7) is 1.65. The summed E-state index contributed by atoms with van der Waals surface area (Å²) in [5.41, 5.74) is 5.76. The van der Waals surface area contributed by atoms with Crippen LogP contribution in [-0.4, -0.2) is 11.8 Å². The highest BCUT2D eigenvalue weighted by molar-refractivity contribution is 5.79. The SMILES string of the molecule is CC(=O)[C@@H]1CCCCC1N. The Kier molecular flexibility index (Phi) is 2.44. The summed E-state index contributed by atoms with van der Waals surface area (Å²) in [6.07, 6.45) is 4.42. The Labute approximate surface area is 61.8 Å². The van der Waals surface area contributed by atoms with Gasteiger partial charge in [0.25, 0.3) is 0 Å². The van der Waals surface area contributed by atoms with Crippen LogP contribution in [-0.2, 0) is 4.79 Å². The van der Waals surface area contributed by atoms with E-state index in [4.69, 9.17) is 5.73 Å². The first-order chi connectivity index (χ1) is 4.72. The van der Waals surface area contributed by atoms with Gasteiger partial charge in [-0.25, -0.2) is 0 Å². The van der Waals surface area contributed by atoms with Crippen LogP contribution < -0.4 is 5.73 Å². The van der Waals surface area contributed by atoms with Crippen LogP contribution >= 0.6 is 0 Å². The van der Waals surface area contributed by atoms with Gasteiger partial charge in [0.15, 0.2) is 0 Å². The molecule has 0 aromatic carbocycles. The number of hydrogen-bond donors (Lipinski definition) is 1. The van der Waals surface area contributed by atoms with Crippen molar-refractivity contribution in [2.75, 3.05) is 0 Å². The molecule has 2 nitrogen and oxygen atoms in total. The van der Waals surface area contributed by atoms with E-state index in [0.717, 1.165) is 12.8 Å². The molecular weight excluding hydrogens is 126 g/mol. The maximum Gasteiger partial charge on any atom is 0.134 e. The molecule has 2 N–H and O–H groups in total. The molecule has 0 amide bonds. The Hall–Kier alpha value is -0.370. The molecule has 10 heavy (non-hydrogen) atoms. The summed E-state index contributed by atoms with van der Waals surface area (Å²) in [4.78, 5) is 10.9. The van der Waals surface area contributed by atoms with Crippen LogP contribution in [0.5, 0.6) is 0 Å². The third-order valence-corrected chi connectivity index (χ3v) is 2.34. The lowest BCUT2D eigenvalue weighted by Gasteiger charge is -2.25. The average Bonchev–Trinajstić information content (AvgIpc) is 1.88. The molecule has 0 aromatic heterocycles. The van der Waals surface area contributed by atoms with Gasteiger partial charge in [-0.2, -0.15) is 0 Å². The molecule has 1 saturated carbocycles. The second-order valence-corrected chi connectivity index (χ2v) is 3.17. The van der Waals surface area contributed by atoms with Crippen molar-refractivity contribution in [2.24, 2.45) is 11.7 Å². The van der Waals surface area contributed by atoms with Gasteiger partial charge in [0.05, 0.1) is 0 Å². The van der Waals surface area contributed by atoms with Crippen molar-refractivity contribution in [1.82, 2.24) is 0 Å². The summed E-state index contributed by atoms with van der Waals surface area (Å²) in [6, 6.07) is 0.145. The Balaban J connectivity index is 2.47. The van der Waals surface area contributed by atoms with Crippen molar-refractivity contribution < 1.29 is 4.79 Å². The topological polar surface area (TPSA) is 43.1 Å². The lowest BCUT2D eigenvalue weighted by molar-refractivity contribution is -0.122. The molecule has 1 rings (SSSR count). The standard InChI is InChI=1S/C8H15NO/c1-6(10)7-4-2-3-5-8(7)9/h7-8H,2-5,9H2,1H3/t7-,8?/m0/s1. The van der Waals surface area contributed by atoms with Crippen molar-refractivity contribution >= 4 is 5.78 Å². The number of carbonyl (C=O) groups excluding carboxylic acids is 1. The van der Waals surface area contributed by atoms with Crippen LogP contribution in [0.1, 0.15) is 32.6 Å². The quantitative estimate of drug-likeness (QED) is 0.594. The molecule has 0 bridgehead atoms. The highest BCUT2D eigenvalue weighted by Gasteiger charge is 2.24. The number of ketones is 1. The molecule has 0 heterocycles. The fourth-order valence-electron chi connectivity index (χ4n) is 1.66. The van der Waals surface area contributed by atoms with Gasteiger partial charge < -0.3 is 5.73 Å². The lowest BCUT2D eigenvalue weighted by Crippen LogP contribution is -2.36. The van der Waals surface area contributed by atoms with Crippen molar-refractivity contribution in [3.8, 4) is 0 Å². The number of nitrogens with two attached hydrogens (primary N) is 1. The van der Waals surface area contributed by atoms with Gasteiger partial charge in [0.1, 0.15) is 5.78 Å². The Bertz CT molecular complexity index is 133. The van der Waals surface area contributed by atoms with Crippen molar-refractivity contribution in [3.05, 3.63) is 0 Å². The Morgan fingerprint density at radius 2 is 2.00 bits per heavy atom. The molecule has 2 heteroatoms. The molecule has 2 atom stereocenters. The number of carbonyl (C=O) groups is 1. The minimum absolute atomic E-state index is 0.145. The zero-order chi connectivity index (χ0) is 7.56. The van der Waals surface area contributed by atoms with Gasteiger partial charge in [-0.15, -0.1) is 0 Å². The average molecular weight is 141 g/mol. The van der Waals surface area contributed by atoms with Crippen LogP contribution in [0.3, 0.4) is 0 Å². The highest BCUT2D eigenvalue weighted by Crippen LogP contribution is 2.23. The first kappa shape index (κ1) is 7.73. The number of rotatable bonds is 1. The van der Waals surface area contributed by atoms with Gasteiger partial charge in [-0.05, 0) is 19.8 Å². The lowest BCUT2D eigenvalue weighted by atomic mass is 9.83. The Morgan fingerprint density at radius 3 is 2.40 bits per heavy atom. The zero-order valence-electron chi connectivity index (χ0n) is 6.47. The molecule has 1 aliphatic rings. The van der Waals surface area contributed by atoms with Crippen molar-refractivity contribution in [2.45, 2.75) is 38.6 Å². The van der Waals surface area contributed by atoms with Gasteiger partial charge >= 0.3 is 0 Å². The molecule has 0 spiro atoms. The van der Waals surface area contributed by atoms with Crippen LogP contribution in [0.2, 0.25) is 0 Å². The van der Waals surface area contributed by atoms with E-state index in [-0.39, 0.29) is 17.7 Å². The zero-order valence-corrected chi connectivity index (χ0v) is 6.47. The summed E-state index contributed by atoms with van der Waals surface area (Å²) in [7, 11) is 0. The molecule has 0 aliphatic heterocycles. The van der Waals surface area contributed by atoms with E-state index in [1.54, 1.807) is 6.92 Å². The normalized spacial score (nSPS) is 33.8.